The van der Waals surface area contributed by atoms with E-state index in [-0.39, 0.29) is 6.42 Å². The van der Waals surface area contributed by atoms with Gasteiger partial charge in [-0.05, 0) is 6.42 Å². The lowest BCUT2D eigenvalue weighted by Gasteiger charge is -2.07. The second-order valence-electron chi connectivity index (χ2n) is 3.03. The molecular weight excluding hydrogens is 196 g/mol. The van der Waals surface area contributed by atoms with E-state index in [0.29, 0.717) is 6.42 Å². The topological polar surface area (TPSA) is 74.6 Å². The standard InChI is InChI=1S/C8H14O4.C3H4/c1-2-3-4-6(8(11)12)5-7(9)10;1-3-2/h6H,2-5H2,1H3,(H,9,10)(H,11,12);1-2H2. The summed E-state index contributed by atoms with van der Waals surface area (Å²) in [6, 6.07) is 0. The summed E-state index contributed by atoms with van der Waals surface area (Å²) in [5.41, 5.74) is 2.25. The first-order valence-electron chi connectivity index (χ1n) is 4.73. The molecule has 1 unspecified atom stereocenters. The molecule has 0 amide bonds. The van der Waals surface area contributed by atoms with Crippen molar-refractivity contribution in [2.75, 3.05) is 0 Å². The minimum absolute atomic E-state index is 0.269. The summed E-state index contributed by atoms with van der Waals surface area (Å²) in [5.74, 6) is -2.77. The number of rotatable bonds is 6. The van der Waals surface area contributed by atoms with Crippen LogP contribution in [0.5, 0.6) is 0 Å². The molecule has 0 aromatic rings. The van der Waals surface area contributed by atoms with Crippen molar-refractivity contribution >= 4 is 11.9 Å². The van der Waals surface area contributed by atoms with Gasteiger partial charge in [-0.1, -0.05) is 32.9 Å². The van der Waals surface area contributed by atoms with Gasteiger partial charge in [0.15, 0.2) is 0 Å². The van der Waals surface area contributed by atoms with E-state index in [2.05, 4.69) is 18.9 Å². The van der Waals surface area contributed by atoms with Gasteiger partial charge in [0.1, 0.15) is 0 Å². The molecule has 0 fully saturated rings. The lowest BCUT2D eigenvalue weighted by Crippen LogP contribution is -2.17. The molecule has 0 saturated heterocycles. The van der Waals surface area contributed by atoms with Gasteiger partial charge in [0.05, 0.1) is 12.3 Å². The number of hydrogen-bond acceptors (Lipinski definition) is 2. The van der Waals surface area contributed by atoms with Gasteiger partial charge in [-0.25, -0.2) is 0 Å². The monoisotopic (exact) mass is 214 g/mol. The van der Waals surface area contributed by atoms with E-state index in [1.807, 2.05) is 6.92 Å². The van der Waals surface area contributed by atoms with Crippen LogP contribution in [-0.4, -0.2) is 22.2 Å². The van der Waals surface area contributed by atoms with Crippen molar-refractivity contribution in [3.63, 3.8) is 0 Å². The molecule has 15 heavy (non-hydrogen) atoms. The molecule has 0 saturated carbocycles. The molecule has 0 heterocycles. The Morgan fingerprint density at radius 3 is 2.07 bits per heavy atom. The van der Waals surface area contributed by atoms with E-state index in [9.17, 15) is 9.59 Å². The van der Waals surface area contributed by atoms with Gasteiger partial charge < -0.3 is 10.2 Å². The van der Waals surface area contributed by atoms with Crippen molar-refractivity contribution in [2.24, 2.45) is 5.92 Å². The first kappa shape index (κ1) is 15.9. The van der Waals surface area contributed by atoms with Crippen LogP contribution in [0.1, 0.15) is 32.6 Å². The fourth-order valence-electron chi connectivity index (χ4n) is 0.974. The highest BCUT2D eigenvalue weighted by atomic mass is 16.4. The van der Waals surface area contributed by atoms with Crippen LogP contribution in [0.25, 0.3) is 0 Å². The molecule has 0 aliphatic heterocycles. The summed E-state index contributed by atoms with van der Waals surface area (Å²) in [5, 5.41) is 17.0. The average Bonchev–Trinajstić information content (AvgIpc) is 2.12. The summed E-state index contributed by atoms with van der Waals surface area (Å²) >= 11 is 0. The fourth-order valence-corrected chi connectivity index (χ4v) is 0.974. The van der Waals surface area contributed by atoms with Crippen LogP contribution in [-0.2, 0) is 9.59 Å². The number of carboxylic acid groups (broad SMARTS) is 2. The van der Waals surface area contributed by atoms with Crippen LogP contribution in [0.2, 0.25) is 0 Å². The van der Waals surface area contributed by atoms with E-state index in [4.69, 9.17) is 10.2 Å². The van der Waals surface area contributed by atoms with Crippen molar-refractivity contribution in [3.05, 3.63) is 18.9 Å². The summed E-state index contributed by atoms with van der Waals surface area (Å²) in [6.07, 6.45) is 1.85. The van der Waals surface area contributed by atoms with Crippen LogP contribution in [0.15, 0.2) is 18.9 Å². The molecule has 0 aliphatic carbocycles. The van der Waals surface area contributed by atoms with Gasteiger partial charge >= 0.3 is 11.9 Å². The highest BCUT2D eigenvalue weighted by Crippen LogP contribution is 2.12. The number of aliphatic carboxylic acids is 2. The summed E-state index contributed by atoms with van der Waals surface area (Å²) in [4.78, 5) is 20.7. The van der Waals surface area contributed by atoms with E-state index in [1.165, 1.54) is 0 Å². The van der Waals surface area contributed by atoms with Gasteiger partial charge in [0, 0.05) is 0 Å². The van der Waals surface area contributed by atoms with Crippen molar-refractivity contribution in [2.45, 2.75) is 32.6 Å². The van der Waals surface area contributed by atoms with Gasteiger partial charge in [0.2, 0.25) is 0 Å². The minimum Gasteiger partial charge on any atom is -0.481 e. The molecule has 0 aliphatic rings. The Morgan fingerprint density at radius 2 is 1.80 bits per heavy atom. The molecule has 0 aromatic carbocycles. The van der Waals surface area contributed by atoms with Crippen LogP contribution in [0.3, 0.4) is 0 Å². The van der Waals surface area contributed by atoms with Crippen molar-refractivity contribution < 1.29 is 19.8 Å². The smallest absolute Gasteiger partial charge is 0.307 e. The van der Waals surface area contributed by atoms with Crippen LogP contribution in [0.4, 0.5) is 0 Å². The predicted octanol–water partition coefficient (Wildman–Crippen LogP) is 2.31. The molecule has 4 nitrogen and oxygen atoms in total. The molecule has 0 spiro atoms. The van der Waals surface area contributed by atoms with Crippen LogP contribution >= 0.6 is 0 Å². The molecule has 0 aromatic heterocycles. The van der Waals surface area contributed by atoms with Crippen molar-refractivity contribution in [1.82, 2.24) is 0 Å². The fraction of sp³-hybridized carbons (Fsp3) is 0.545. The third-order valence-electron chi connectivity index (χ3n) is 1.68. The van der Waals surface area contributed by atoms with Crippen LogP contribution < -0.4 is 0 Å². The summed E-state index contributed by atoms with van der Waals surface area (Å²) in [7, 11) is 0. The Balaban J connectivity index is 0. The molecular formula is C11H18O4. The Morgan fingerprint density at radius 1 is 1.33 bits per heavy atom. The quantitative estimate of drug-likeness (QED) is 0.665. The van der Waals surface area contributed by atoms with Gasteiger partial charge in [-0.15, -0.1) is 5.73 Å². The molecule has 0 radical (unpaired) electrons. The van der Waals surface area contributed by atoms with E-state index < -0.39 is 17.9 Å². The lowest BCUT2D eigenvalue weighted by atomic mass is 9.99. The van der Waals surface area contributed by atoms with Crippen LogP contribution in [0, 0.1) is 5.92 Å². The lowest BCUT2D eigenvalue weighted by molar-refractivity contribution is -0.148. The zero-order valence-electron chi connectivity index (χ0n) is 9.03. The Kier molecular flexibility index (Phi) is 11.2. The third-order valence-corrected chi connectivity index (χ3v) is 1.68. The van der Waals surface area contributed by atoms with Gasteiger partial charge in [-0.2, -0.15) is 0 Å². The molecule has 4 heteroatoms. The average molecular weight is 214 g/mol. The molecule has 0 rings (SSSR count). The molecule has 0 bridgehead atoms. The summed E-state index contributed by atoms with van der Waals surface area (Å²) in [6.45, 7) is 8.19. The van der Waals surface area contributed by atoms with Crippen molar-refractivity contribution in [1.29, 1.82) is 0 Å². The predicted molar refractivity (Wildman–Crippen MR) is 57.7 cm³/mol. The number of hydrogen-bond donors (Lipinski definition) is 2. The minimum atomic E-state index is -1.04. The van der Waals surface area contributed by atoms with E-state index in [0.717, 1.165) is 12.8 Å². The molecule has 1 atom stereocenters. The first-order chi connectivity index (χ1) is 6.99. The normalized spacial score (nSPS) is 10.5. The second-order valence-corrected chi connectivity index (χ2v) is 3.03. The second kappa shape index (κ2) is 10.5. The Hall–Kier alpha value is -1.54. The SMILES string of the molecule is C=C=C.CCCCC(CC(=O)O)C(=O)O. The van der Waals surface area contributed by atoms with E-state index >= 15 is 0 Å². The van der Waals surface area contributed by atoms with Gasteiger partial charge in [-0.3, -0.25) is 9.59 Å². The third kappa shape index (κ3) is 12.5. The number of unbranched alkanes of at least 4 members (excludes halogenated alkanes) is 1. The molecule has 2 N–H and O–H groups in total. The van der Waals surface area contributed by atoms with Gasteiger partial charge in [0.25, 0.3) is 0 Å². The maximum absolute atomic E-state index is 10.5. The molecule has 86 valence electrons. The maximum Gasteiger partial charge on any atom is 0.307 e. The Bertz CT molecular complexity index is 227. The summed E-state index contributed by atoms with van der Waals surface area (Å²) < 4.78 is 0. The largest absolute Gasteiger partial charge is 0.481 e. The van der Waals surface area contributed by atoms with E-state index in [1.54, 1.807) is 0 Å². The maximum atomic E-state index is 10.5. The zero-order chi connectivity index (χ0) is 12.3. The highest BCUT2D eigenvalue weighted by Gasteiger charge is 2.19. The Labute approximate surface area is 89.9 Å². The number of carbonyl (C=O) groups is 2. The zero-order valence-corrected chi connectivity index (χ0v) is 9.03. The highest BCUT2D eigenvalue weighted by molar-refractivity contribution is 5.77. The number of carboxylic acids is 2. The van der Waals surface area contributed by atoms with Crippen molar-refractivity contribution in [3.8, 4) is 0 Å². The first-order valence-corrected chi connectivity index (χ1v) is 4.73.